The highest BCUT2D eigenvalue weighted by atomic mass is 35.5. The number of halogens is 2. The number of rotatable bonds is 2. The Morgan fingerprint density at radius 2 is 2.16 bits per heavy atom. The molecule has 2 rings (SSSR count). The molecule has 1 aromatic rings. The second-order valence-electron chi connectivity index (χ2n) is 4.38. The fourth-order valence-electron chi connectivity index (χ4n) is 1.94. The predicted molar refractivity (Wildman–Crippen MR) is 68.1 cm³/mol. The molecule has 0 spiro atoms. The molecule has 19 heavy (non-hydrogen) atoms. The lowest BCUT2D eigenvalue weighted by molar-refractivity contribution is -0.126. The Bertz CT molecular complexity index is 536. The van der Waals surface area contributed by atoms with Crippen molar-refractivity contribution >= 4 is 23.2 Å². The second-order valence-corrected chi connectivity index (χ2v) is 4.82. The van der Waals surface area contributed by atoms with Crippen LogP contribution in [0.25, 0.3) is 0 Å². The molecule has 0 aromatic heterocycles. The quantitative estimate of drug-likeness (QED) is 0.907. The molecule has 0 unspecified atom stereocenters. The summed E-state index contributed by atoms with van der Waals surface area (Å²) in [6, 6.07) is 5.99. The summed E-state index contributed by atoms with van der Waals surface area (Å²) >= 11 is 5.64. The van der Waals surface area contributed by atoms with E-state index in [9.17, 15) is 14.4 Å². The normalized spacial score (nSPS) is 17.5. The third-order valence-corrected chi connectivity index (χ3v) is 3.41. The van der Waals surface area contributed by atoms with E-state index in [0.717, 1.165) is 6.07 Å². The number of hydrogen-bond donors (Lipinski definition) is 1. The fraction of sp³-hybridized carbons (Fsp3) is 0.385. The Kier molecular flexibility index (Phi) is 4.03. The number of nitrogens with zero attached hydrogens (tertiary/aromatic N) is 1. The number of nitrogens with one attached hydrogen (secondary N) is 1. The van der Waals surface area contributed by atoms with Gasteiger partial charge in [-0.25, -0.2) is 4.39 Å². The number of nitriles is 1. The molecule has 1 aromatic carbocycles. The van der Waals surface area contributed by atoms with Crippen molar-refractivity contribution in [1.29, 1.82) is 5.26 Å². The van der Waals surface area contributed by atoms with E-state index in [4.69, 9.17) is 16.3 Å². The van der Waals surface area contributed by atoms with Crippen LogP contribution in [0.1, 0.15) is 12.8 Å². The molecule has 1 N–H and O–H groups in total. The number of anilines is 1. The van der Waals surface area contributed by atoms with Gasteiger partial charge in [-0.2, -0.15) is 5.26 Å². The average molecular weight is 283 g/mol. The van der Waals surface area contributed by atoms with Gasteiger partial charge in [0.15, 0.2) is 0 Å². The SMILES string of the molecule is N#CC1(C(=O)Nc2ccc(Cl)cc2F)CCOCC1. The Morgan fingerprint density at radius 3 is 2.74 bits per heavy atom. The minimum atomic E-state index is -1.15. The average Bonchev–Trinajstić information content (AvgIpc) is 2.42. The molecule has 1 aliphatic rings. The highest BCUT2D eigenvalue weighted by molar-refractivity contribution is 6.30. The van der Waals surface area contributed by atoms with Crippen LogP contribution in [0, 0.1) is 22.6 Å². The van der Waals surface area contributed by atoms with Crippen LogP contribution >= 0.6 is 11.6 Å². The first kappa shape index (κ1) is 13.8. The van der Waals surface area contributed by atoms with Crippen molar-refractivity contribution in [3.8, 4) is 6.07 Å². The van der Waals surface area contributed by atoms with E-state index in [1.165, 1.54) is 12.1 Å². The minimum absolute atomic E-state index is 0.0236. The summed E-state index contributed by atoms with van der Waals surface area (Å²) in [5.41, 5.74) is -1.12. The van der Waals surface area contributed by atoms with Crippen molar-refractivity contribution in [2.75, 3.05) is 18.5 Å². The van der Waals surface area contributed by atoms with Gasteiger partial charge < -0.3 is 10.1 Å². The summed E-state index contributed by atoms with van der Waals surface area (Å²) in [5, 5.41) is 11.9. The highest BCUT2D eigenvalue weighted by Crippen LogP contribution is 2.31. The molecule has 4 nitrogen and oxygen atoms in total. The molecule has 6 heteroatoms. The fourth-order valence-corrected chi connectivity index (χ4v) is 2.10. The maximum atomic E-state index is 13.6. The molecule has 1 heterocycles. The third-order valence-electron chi connectivity index (χ3n) is 3.17. The zero-order chi connectivity index (χ0) is 13.9. The van der Waals surface area contributed by atoms with Gasteiger partial charge in [0.05, 0.1) is 11.8 Å². The van der Waals surface area contributed by atoms with Crippen LogP contribution in [-0.4, -0.2) is 19.1 Å². The van der Waals surface area contributed by atoms with E-state index in [2.05, 4.69) is 5.32 Å². The summed E-state index contributed by atoms with van der Waals surface area (Å²) in [4.78, 5) is 12.2. The van der Waals surface area contributed by atoms with E-state index < -0.39 is 17.1 Å². The lowest BCUT2D eigenvalue weighted by Crippen LogP contribution is -2.40. The molecular weight excluding hydrogens is 271 g/mol. The van der Waals surface area contributed by atoms with Gasteiger partial charge in [-0.3, -0.25) is 4.79 Å². The summed E-state index contributed by atoms with van der Waals surface area (Å²) < 4.78 is 18.7. The summed E-state index contributed by atoms with van der Waals surface area (Å²) in [6.07, 6.45) is 0.620. The first-order valence-corrected chi connectivity index (χ1v) is 6.21. The van der Waals surface area contributed by atoms with Crippen LogP contribution in [0.2, 0.25) is 5.02 Å². The third kappa shape index (κ3) is 2.86. The van der Waals surface area contributed by atoms with Crippen LogP contribution in [0.4, 0.5) is 10.1 Å². The molecule has 0 atom stereocenters. The van der Waals surface area contributed by atoms with E-state index in [1.807, 2.05) is 6.07 Å². The molecule has 1 fully saturated rings. The first-order valence-electron chi connectivity index (χ1n) is 5.83. The van der Waals surface area contributed by atoms with E-state index in [0.29, 0.717) is 26.1 Å². The molecular formula is C13H12ClFN2O2. The van der Waals surface area contributed by atoms with Crippen LogP contribution in [0.5, 0.6) is 0 Å². The topological polar surface area (TPSA) is 62.1 Å². The standard InChI is InChI=1S/C13H12ClFN2O2/c14-9-1-2-11(10(15)7-9)17-12(18)13(8-16)3-5-19-6-4-13/h1-2,7H,3-6H2,(H,17,18). The Balaban J connectivity index is 2.18. The van der Waals surface area contributed by atoms with Gasteiger partial charge in [-0.15, -0.1) is 0 Å². The zero-order valence-electron chi connectivity index (χ0n) is 10.1. The first-order chi connectivity index (χ1) is 9.07. The van der Waals surface area contributed by atoms with Crippen molar-refractivity contribution in [2.24, 2.45) is 5.41 Å². The van der Waals surface area contributed by atoms with Gasteiger partial charge in [0, 0.05) is 18.2 Å². The maximum absolute atomic E-state index is 13.6. The van der Waals surface area contributed by atoms with Crippen LogP contribution in [0.3, 0.4) is 0 Å². The minimum Gasteiger partial charge on any atom is -0.381 e. The van der Waals surface area contributed by atoms with Crippen molar-refractivity contribution < 1.29 is 13.9 Å². The maximum Gasteiger partial charge on any atom is 0.245 e. The lowest BCUT2D eigenvalue weighted by atomic mass is 9.81. The van der Waals surface area contributed by atoms with Gasteiger partial charge in [-0.05, 0) is 31.0 Å². The van der Waals surface area contributed by atoms with Crippen LogP contribution in [0.15, 0.2) is 18.2 Å². The van der Waals surface area contributed by atoms with Gasteiger partial charge in [-0.1, -0.05) is 11.6 Å². The number of hydrogen-bond acceptors (Lipinski definition) is 3. The number of ether oxygens (including phenoxy) is 1. The van der Waals surface area contributed by atoms with Crippen molar-refractivity contribution in [3.63, 3.8) is 0 Å². The number of amides is 1. The number of carbonyl (C=O) groups excluding carboxylic acids is 1. The molecule has 0 saturated carbocycles. The number of benzene rings is 1. The van der Waals surface area contributed by atoms with Crippen molar-refractivity contribution in [1.82, 2.24) is 0 Å². The predicted octanol–water partition coefficient (Wildman–Crippen LogP) is 2.74. The molecule has 1 aliphatic heterocycles. The zero-order valence-corrected chi connectivity index (χ0v) is 10.8. The second kappa shape index (κ2) is 5.55. The number of carbonyl (C=O) groups is 1. The van der Waals surface area contributed by atoms with Gasteiger partial charge in [0.2, 0.25) is 5.91 Å². The molecule has 1 saturated heterocycles. The van der Waals surface area contributed by atoms with E-state index in [1.54, 1.807) is 0 Å². The summed E-state index contributed by atoms with van der Waals surface area (Å²) in [7, 11) is 0. The molecule has 100 valence electrons. The van der Waals surface area contributed by atoms with Crippen molar-refractivity contribution in [3.05, 3.63) is 29.0 Å². The van der Waals surface area contributed by atoms with Crippen LogP contribution < -0.4 is 5.32 Å². The van der Waals surface area contributed by atoms with Gasteiger partial charge in [0.1, 0.15) is 11.2 Å². The van der Waals surface area contributed by atoms with Crippen LogP contribution in [-0.2, 0) is 9.53 Å². The molecule has 1 amide bonds. The Hall–Kier alpha value is -1.64. The smallest absolute Gasteiger partial charge is 0.245 e. The van der Waals surface area contributed by atoms with E-state index in [-0.39, 0.29) is 10.7 Å². The molecule has 0 radical (unpaired) electrons. The molecule has 0 bridgehead atoms. The lowest BCUT2D eigenvalue weighted by Gasteiger charge is -2.29. The van der Waals surface area contributed by atoms with Gasteiger partial charge >= 0.3 is 0 Å². The van der Waals surface area contributed by atoms with E-state index >= 15 is 0 Å². The van der Waals surface area contributed by atoms with Gasteiger partial charge in [0.25, 0.3) is 0 Å². The summed E-state index contributed by atoms with van der Waals surface area (Å²) in [5.74, 6) is -1.12. The Morgan fingerprint density at radius 1 is 1.47 bits per heavy atom. The van der Waals surface area contributed by atoms with Crippen molar-refractivity contribution in [2.45, 2.75) is 12.8 Å². The largest absolute Gasteiger partial charge is 0.381 e. The summed E-state index contributed by atoms with van der Waals surface area (Å²) in [6.45, 7) is 0.703. The highest BCUT2D eigenvalue weighted by Gasteiger charge is 2.40. The molecule has 0 aliphatic carbocycles. The Labute approximate surface area is 115 Å². The monoisotopic (exact) mass is 282 g/mol.